The molecule has 2 N–H and O–H groups in total. The van der Waals surface area contributed by atoms with E-state index in [4.69, 9.17) is 15.2 Å². The number of nitrogens with two attached hydrogens (primary N) is 1. The molecule has 0 radical (unpaired) electrons. The molecule has 2 heterocycles. The summed E-state index contributed by atoms with van der Waals surface area (Å²) in [6, 6.07) is 8.63. The Morgan fingerprint density at radius 3 is 2.72 bits per heavy atom. The van der Waals surface area contributed by atoms with Crippen LogP contribution in [0.4, 0.5) is 0 Å². The van der Waals surface area contributed by atoms with Gasteiger partial charge in [-0.2, -0.15) is 0 Å². The maximum Gasteiger partial charge on any atom is 0.0981 e. The van der Waals surface area contributed by atoms with Crippen LogP contribution in [0.1, 0.15) is 30.1 Å². The van der Waals surface area contributed by atoms with Crippen LogP contribution in [0, 0.1) is 5.92 Å². The highest BCUT2D eigenvalue weighted by molar-refractivity contribution is 5.32. The molecule has 0 aromatic heterocycles. The van der Waals surface area contributed by atoms with Gasteiger partial charge < -0.3 is 15.2 Å². The second kappa shape index (κ2) is 5.39. The maximum absolute atomic E-state index is 6.46. The Bertz CT molecular complexity index is 401. The van der Waals surface area contributed by atoms with Crippen LogP contribution in [0.3, 0.4) is 0 Å². The highest BCUT2D eigenvalue weighted by atomic mass is 16.5. The van der Waals surface area contributed by atoms with Crippen molar-refractivity contribution in [3.05, 3.63) is 35.4 Å². The fraction of sp³-hybridized carbons (Fsp3) is 0.600. The summed E-state index contributed by atoms with van der Waals surface area (Å²) in [6.07, 6.45) is 3.19. The Labute approximate surface area is 108 Å². The zero-order valence-corrected chi connectivity index (χ0v) is 10.7. The van der Waals surface area contributed by atoms with Crippen molar-refractivity contribution in [2.45, 2.75) is 31.4 Å². The fourth-order valence-electron chi connectivity index (χ4n) is 3.09. The first-order chi connectivity index (χ1) is 8.86. The van der Waals surface area contributed by atoms with Crippen LogP contribution in [0.15, 0.2) is 24.3 Å². The van der Waals surface area contributed by atoms with E-state index in [0.29, 0.717) is 5.92 Å². The number of fused-ring (bicyclic) bond motifs is 1. The SMILES string of the molecule is NC(C1CCOCC1)C1OCCc2ccccc21. The zero-order chi connectivity index (χ0) is 12.4. The molecule has 3 rings (SSSR count). The van der Waals surface area contributed by atoms with E-state index in [0.717, 1.165) is 39.1 Å². The largest absolute Gasteiger partial charge is 0.381 e. The van der Waals surface area contributed by atoms with Gasteiger partial charge in [0, 0.05) is 19.3 Å². The van der Waals surface area contributed by atoms with Gasteiger partial charge in [-0.15, -0.1) is 0 Å². The second-order valence-corrected chi connectivity index (χ2v) is 5.27. The molecule has 1 fully saturated rings. The van der Waals surface area contributed by atoms with Gasteiger partial charge >= 0.3 is 0 Å². The van der Waals surface area contributed by atoms with Crippen LogP contribution in [-0.2, 0) is 15.9 Å². The Morgan fingerprint density at radius 2 is 1.89 bits per heavy atom. The van der Waals surface area contributed by atoms with E-state index in [-0.39, 0.29) is 12.1 Å². The van der Waals surface area contributed by atoms with E-state index in [9.17, 15) is 0 Å². The lowest BCUT2D eigenvalue weighted by Gasteiger charge is -2.36. The molecule has 18 heavy (non-hydrogen) atoms. The van der Waals surface area contributed by atoms with Crippen molar-refractivity contribution < 1.29 is 9.47 Å². The van der Waals surface area contributed by atoms with Crippen LogP contribution in [-0.4, -0.2) is 25.9 Å². The monoisotopic (exact) mass is 247 g/mol. The quantitative estimate of drug-likeness (QED) is 0.870. The number of benzene rings is 1. The molecular weight excluding hydrogens is 226 g/mol. The summed E-state index contributed by atoms with van der Waals surface area (Å²) >= 11 is 0. The summed E-state index contributed by atoms with van der Waals surface area (Å²) in [7, 11) is 0. The van der Waals surface area contributed by atoms with Crippen LogP contribution in [0.25, 0.3) is 0 Å². The minimum atomic E-state index is 0.0676. The highest BCUT2D eigenvalue weighted by Crippen LogP contribution is 2.34. The molecule has 0 amide bonds. The molecule has 2 atom stereocenters. The van der Waals surface area contributed by atoms with Gasteiger partial charge in [-0.3, -0.25) is 0 Å². The number of rotatable bonds is 2. The Balaban J connectivity index is 1.80. The van der Waals surface area contributed by atoms with Crippen molar-refractivity contribution in [3.63, 3.8) is 0 Å². The lowest BCUT2D eigenvalue weighted by molar-refractivity contribution is -0.0136. The van der Waals surface area contributed by atoms with Crippen LogP contribution >= 0.6 is 0 Å². The Morgan fingerprint density at radius 1 is 1.11 bits per heavy atom. The molecular formula is C15H21NO2. The topological polar surface area (TPSA) is 44.5 Å². The van der Waals surface area contributed by atoms with Gasteiger partial charge in [0.2, 0.25) is 0 Å². The standard InChI is InChI=1S/C15H21NO2/c16-14(12-5-8-17-9-6-12)15-13-4-2-1-3-11(13)7-10-18-15/h1-4,12,14-15H,5-10,16H2. The molecule has 0 aliphatic carbocycles. The molecule has 3 heteroatoms. The van der Waals surface area contributed by atoms with Crippen molar-refractivity contribution >= 4 is 0 Å². The lowest BCUT2D eigenvalue weighted by atomic mass is 9.84. The summed E-state index contributed by atoms with van der Waals surface area (Å²) < 4.78 is 11.4. The van der Waals surface area contributed by atoms with Crippen molar-refractivity contribution in [3.8, 4) is 0 Å². The van der Waals surface area contributed by atoms with E-state index >= 15 is 0 Å². The molecule has 3 nitrogen and oxygen atoms in total. The van der Waals surface area contributed by atoms with Crippen LogP contribution in [0.5, 0.6) is 0 Å². The number of ether oxygens (including phenoxy) is 2. The maximum atomic E-state index is 6.46. The summed E-state index contributed by atoms with van der Waals surface area (Å²) in [5.41, 5.74) is 9.15. The minimum absolute atomic E-state index is 0.0676. The van der Waals surface area contributed by atoms with Gasteiger partial charge in [0.1, 0.15) is 0 Å². The average molecular weight is 247 g/mol. The average Bonchev–Trinajstić information content (AvgIpc) is 2.47. The lowest BCUT2D eigenvalue weighted by Crippen LogP contribution is -2.41. The van der Waals surface area contributed by atoms with Gasteiger partial charge in [-0.25, -0.2) is 0 Å². The predicted molar refractivity (Wildman–Crippen MR) is 70.4 cm³/mol. The van der Waals surface area contributed by atoms with Crippen molar-refractivity contribution in [2.24, 2.45) is 11.7 Å². The molecule has 2 unspecified atom stereocenters. The van der Waals surface area contributed by atoms with E-state index in [2.05, 4.69) is 24.3 Å². The Kier molecular flexibility index (Phi) is 3.64. The molecule has 1 aromatic carbocycles. The first-order valence-electron chi connectivity index (χ1n) is 6.89. The second-order valence-electron chi connectivity index (χ2n) is 5.27. The molecule has 1 aromatic rings. The fourth-order valence-corrected chi connectivity index (χ4v) is 3.09. The van der Waals surface area contributed by atoms with E-state index in [1.54, 1.807) is 0 Å². The van der Waals surface area contributed by atoms with Crippen molar-refractivity contribution in [1.29, 1.82) is 0 Å². The summed E-state index contributed by atoms with van der Waals surface area (Å²) in [5, 5.41) is 0. The summed E-state index contributed by atoms with van der Waals surface area (Å²) in [5.74, 6) is 0.523. The molecule has 2 aliphatic heterocycles. The third kappa shape index (κ3) is 2.30. The smallest absolute Gasteiger partial charge is 0.0981 e. The molecule has 0 saturated carbocycles. The van der Waals surface area contributed by atoms with Gasteiger partial charge in [0.05, 0.1) is 12.7 Å². The third-order valence-electron chi connectivity index (χ3n) is 4.19. The summed E-state index contributed by atoms with van der Waals surface area (Å²) in [6.45, 7) is 2.47. The van der Waals surface area contributed by atoms with Crippen molar-refractivity contribution in [1.82, 2.24) is 0 Å². The minimum Gasteiger partial charge on any atom is -0.381 e. The number of hydrogen-bond acceptors (Lipinski definition) is 3. The Hall–Kier alpha value is -0.900. The van der Waals surface area contributed by atoms with Gasteiger partial charge in [-0.05, 0) is 36.3 Å². The van der Waals surface area contributed by atoms with Gasteiger partial charge in [-0.1, -0.05) is 24.3 Å². The normalized spacial score (nSPS) is 26.6. The first-order valence-corrected chi connectivity index (χ1v) is 6.89. The molecule has 98 valence electrons. The third-order valence-corrected chi connectivity index (χ3v) is 4.19. The molecule has 2 aliphatic rings. The number of hydrogen-bond donors (Lipinski definition) is 1. The van der Waals surface area contributed by atoms with Crippen LogP contribution in [0.2, 0.25) is 0 Å². The molecule has 0 bridgehead atoms. The summed E-state index contributed by atoms with van der Waals surface area (Å²) in [4.78, 5) is 0. The first kappa shape index (κ1) is 12.2. The highest BCUT2D eigenvalue weighted by Gasteiger charge is 2.32. The van der Waals surface area contributed by atoms with Crippen molar-refractivity contribution in [2.75, 3.05) is 19.8 Å². The van der Waals surface area contributed by atoms with Crippen LogP contribution < -0.4 is 5.73 Å². The predicted octanol–water partition coefficient (Wildman–Crippen LogP) is 2.05. The zero-order valence-electron chi connectivity index (χ0n) is 10.7. The molecule has 1 saturated heterocycles. The van der Waals surface area contributed by atoms with Gasteiger partial charge in [0.15, 0.2) is 0 Å². The molecule has 0 spiro atoms. The van der Waals surface area contributed by atoms with E-state index < -0.39 is 0 Å². The van der Waals surface area contributed by atoms with E-state index in [1.807, 2.05) is 0 Å². The van der Waals surface area contributed by atoms with E-state index in [1.165, 1.54) is 11.1 Å². The van der Waals surface area contributed by atoms with Gasteiger partial charge in [0.25, 0.3) is 0 Å².